The largest absolute Gasteiger partial charge is 0.464 e. The summed E-state index contributed by atoms with van der Waals surface area (Å²) in [6.45, 7) is 3.99. The first-order chi connectivity index (χ1) is 9.83. The van der Waals surface area contributed by atoms with Crippen LogP contribution in [0.3, 0.4) is 0 Å². The molecule has 1 aromatic heterocycles. The number of nitrogens with two attached hydrogens (primary N) is 1. The van der Waals surface area contributed by atoms with Gasteiger partial charge in [0.05, 0.1) is 6.04 Å². The lowest BCUT2D eigenvalue weighted by atomic mass is 9.77. The second-order valence-electron chi connectivity index (χ2n) is 6.40. The standard InChI is InChI=1S/C17H28N2O/c1-2-14-9-10-17(20-14)16(12-18)19-11-5-7-13-6-3-4-8-15(13)19/h9-10,13,15-16H,2-8,11-12,18H2,1H3/t13-,15-,16?/m1/s1. The van der Waals surface area contributed by atoms with Crippen molar-refractivity contribution in [2.45, 2.75) is 64.0 Å². The molecule has 3 heteroatoms. The second kappa shape index (κ2) is 6.31. The highest BCUT2D eigenvalue weighted by molar-refractivity contribution is 5.12. The summed E-state index contributed by atoms with van der Waals surface area (Å²) in [5.41, 5.74) is 6.11. The van der Waals surface area contributed by atoms with Gasteiger partial charge in [-0.3, -0.25) is 4.90 Å². The van der Waals surface area contributed by atoms with Gasteiger partial charge in [0.2, 0.25) is 0 Å². The quantitative estimate of drug-likeness (QED) is 0.915. The van der Waals surface area contributed by atoms with Crippen molar-refractivity contribution in [3.8, 4) is 0 Å². The Bertz CT molecular complexity index is 426. The smallest absolute Gasteiger partial charge is 0.122 e. The van der Waals surface area contributed by atoms with E-state index < -0.39 is 0 Å². The average molecular weight is 276 g/mol. The Morgan fingerprint density at radius 3 is 2.80 bits per heavy atom. The van der Waals surface area contributed by atoms with Crippen LogP contribution in [0.2, 0.25) is 0 Å². The zero-order chi connectivity index (χ0) is 13.9. The molecular formula is C17H28N2O. The van der Waals surface area contributed by atoms with E-state index in [4.69, 9.17) is 10.2 Å². The summed E-state index contributed by atoms with van der Waals surface area (Å²) in [6, 6.07) is 5.27. The highest BCUT2D eigenvalue weighted by Gasteiger charge is 2.37. The number of aryl methyl sites for hydroxylation is 1. The third-order valence-corrected chi connectivity index (χ3v) is 5.27. The first-order valence-corrected chi connectivity index (χ1v) is 8.38. The van der Waals surface area contributed by atoms with Gasteiger partial charge in [0.15, 0.2) is 0 Å². The lowest BCUT2D eigenvalue weighted by Crippen LogP contribution is -2.49. The van der Waals surface area contributed by atoms with E-state index in [2.05, 4.69) is 24.0 Å². The number of hydrogen-bond donors (Lipinski definition) is 1. The summed E-state index contributed by atoms with van der Waals surface area (Å²) >= 11 is 0. The molecule has 0 amide bonds. The first-order valence-electron chi connectivity index (χ1n) is 8.38. The van der Waals surface area contributed by atoms with Crippen LogP contribution in [0.15, 0.2) is 16.5 Å². The Balaban J connectivity index is 1.80. The fourth-order valence-electron chi connectivity index (χ4n) is 4.23. The van der Waals surface area contributed by atoms with Gasteiger partial charge in [-0.25, -0.2) is 0 Å². The van der Waals surface area contributed by atoms with Gasteiger partial charge in [-0.15, -0.1) is 0 Å². The maximum absolute atomic E-state index is 6.11. The third kappa shape index (κ3) is 2.66. The number of rotatable bonds is 4. The molecule has 0 bridgehead atoms. The van der Waals surface area contributed by atoms with Crippen molar-refractivity contribution in [2.75, 3.05) is 13.1 Å². The molecule has 2 N–H and O–H groups in total. The number of hydrogen-bond acceptors (Lipinski definition) is 3. The first kappa shape index (κ1) is 14.2. The van der Waals surface area contributed by atoms with E-state index in [0.29, 0.717) is 6.54 Å². The van der Waals surface area contributed by atoms with Crippen molar-refractivity contribution in [1.82, 2.24) is 4.90 Å². The molecule has 3 rings (SSSR count). The van der Waals surface area contributed by atoms with Gasteiger partial charge in [0.1, 0.15) is 11.5 Å². The van der Waals surface area contributed by atoms with Gasteiger partial charge in [0, 0.05) is 19.0 Å². The topological polar surface area (TPSA) is 42.4 Å². The van der Waals surface area contributed by atoms with Gasteiger partial charge in [0.25, 0.3) is 0 Å². The van der Waals surface area contributed by atoms with E-state index in [1.807, 2.05) is 0 Å². The highest BCUT2D eigenvalue weighted by atomic mass is 16.3. The lowest BCUT2D eigenvalue weighted by molar-refractivity contribution is 0.0204. The number of nitrogens with zero attached hydrogens (tertiary/aromatic N) is 1. The molecule has 2 heterocycles. The van der Waals surface area contributed by atoms with E-state index in [1.165, 1.54) is 45.1 Å². The van der Waals surface area contributed by atoms with Gasteiger partial charge >= 0.3 is 0 Å². The van der Waals surface area contributed by atoms with Crippen molar-refractivity contribution >= 4 is 0 Å². The van der Waals surface area contributed by atoms with Crippen LogP contribution >= 0.6 is 0 Å². The van der Waals surface area contributed by atoms with E-state index in [-0.39, 0.29) is 6.04 Å². The average Bonchev–Trinajstić information content (AvgIpc) is 2.97. The van der Waals surface area contributed by atoms with Crippen LogP contribution in [0, 0.1) is 5.92 Å². The SMILES string of the molecule is CCc1ccc(C(CN)N2CCC[C@H]3CCCC[C@H]32)o1. The zero-order valence-electron chi connectivity index (χ0n) is 12.7. The van der Waals surface area contributed by atoms with Gasteiger partial charge in [-0.2, -0.15) is 0 Å². The Hall–Kier alpha value is -0.800. The molecule has 20 heavy (non-hydrogen) atoms. The predicted molar refractivity (Wildman–Crippen MR) is 81.6 cm³/mol. The predicted octanol–water partition coefficient (Wildman–Crippen LogP) is 3.50. The monoisotopic (exact) mass is 276 g/mol. The van der Waals surface area contributed by atoms with Crippen LogP contribution < -0.4 is 5.73 Å². The van der Waals surface area contributed by atoms with Gasteiger partial charge in [-0.05, 0) is 50.3 Å². The van der Waals surface area contributed by atoms with Crippen LogP contribution in [0.25, 0.3) is 0 Å². The van der Waals surface area contributed by atoms with Crippen molar-refractivity contribution in [1.29, 1.82) is 0 Å². The lowest BCUT2D eigenvalue weighted by Gasteiger charge is -2.47. The van der Waals surface area contributed by atoms with Crippen molar-refractivity contribution in [2.24, 2.45) is 11.7 Å². The summed E-state index contributed by atoms with van der Waals surface area (Å²) in [5.74, 6) is 3.05. The number of piperidine rings is 1. The molecule has 1 unspecified atom stereocenters. The fourth-order valence-corrected chi connectivity index (χ4v) is 4.23. The van der Waals surface area contributed by atoms with Crippen molar-refractivity contribution < 1.29 is 4.42 Å². The summed E-state index contributed by atoms with van der Waals surface area (Å²) in [7, 11) is 0. The minimum Gasteiger partial charge on any atom is -0.464 e. The minimum atomic E-state index is 0.279. The molecule has 0 spiro atoms. The number of fused-ring (bicyclic) bond motifs is 1. The molecular weight excluding hydrogens is 248 g/mol. The fraction of sp³-hybridized carbons (Fsp3) is 0.765. The van der Waals surface area contributed by atoms with E-state index in [1.54, 1.807) is 0 Å². The molecule has 2 fully saturated rings. The van der Waals surface area contributed by atoms with E-state index >= 15 is 0 Å². The molecule has 3 atom stereocenters. The van der Waals surface area contributed by atoms with Crippen molar-refractivity contribution in [3.05, 3.63) is 23.7 Å². The second-order valence-corrected chi connectivity index (χ2v) is 6.40. The Morgan fingerprint density at radius 1 is 1.25 bits per heavy atom. The minimum absolute atomic E-state index is 0.279. The maximum atomic E-state index is 6.11. The molecule has 3 nitrogen and oxygen atoms in total. The summed E-state index contributed by atoms with van der Waals surface area (Å²) in [5, 5.41) is 0. The van der Waals surface area contributed by atoms with E-state index in [0.717, 1.165) is 29.9 Å². The molecule has 1 aliphatic carbocycles. The Morgan fingerprint density at radius 2 is 2.05 bits per heavy atom. The number of likely N-dealkylation sites (tertiary alicyclic amines) is 1. The van der Waals surface area contributed by atoms with Gasteiger partial charge < -0.3 is 10.2 Å². The molecule has 0 aromatic carbocycles. The highest BCUT2D eigenvalue weighted by Crippen LogP contribution is 2.39. The summed E-state index contributed by atoms with van der Waals surface area (Å²) in [6.07, 6.45) is 9.26. The molecule has 0 radical (unpaired) electrons. The molecule has 1 saturated heterocycles. The number of furan rings is 1. The molecule has 1 aliphatic heterocycles. The third-order valence-electron chi connectivity index (χ3n) is 5.27. The molecule has 2 aliphatic rings. The van der Waals surface area contributed by atoms with Crippen LogP contribution in [-0.2, 0) is 6.42 Å². The maximum Gasteiger partial charge on any atom is 0.122 e. The summed E-state index contributed by atoms with van der Waals surface area (Å²) in [4.78, 5) is 2.66. The summed E-state index contributed by atoms with van der Waals surface area (Å²) < 4.78 is 6.00. The Labute approximate surface area is 122 Å². The van der Waals surface area contributed by atoms with Gasteiger partial charge in [-0.1, -0.05) is 19.8 Å². The molecule has 112 valence electrons. The zero-order valence-corrected chi connectivity index (χ0v) is 12.7. The molecule has 1 saturated carbocycles. The van der Waals surface area contributed by atoms with Crippen LogP contribution in [-0.4, -0.2) is 24.0 Å². The molecule has 1 aromatic rings. The van der Waals surface area contributed by atoms with Crippen molar-refractivity contribution in [3.63, 3.8) is 0 Å². The normalized spacial score (nSPS) is 29.1. The Kier molecular flexibility index (Phi) is 4.47. The van der Waals surface area contributed by atoms with Crippen LogP contribution in [0.5, 0.6) is 0 Å². The van der Waals surface area contributed by atoms with Crippen LogP contribution in [0.1, 0.15) is 63.0 Å². The van der Waals surface area contributed by atoms with E-state index in [9.17, 15) is 0 Å². The van der Waals surface area contributed by atoms with Crippen LogP contribution in [0.4, 0.5) is 0 Å².